The molecule has 0 aliphatic heterocycles. The maximum atomic E-state index is 5.81. The second-order valence-electron chi connectivity index (χ2n) is 4.17. The summed E-state index contributed by atoms with van der Waals surface area (Å²) in [6, 6.07) is -3.04. The molecule has 0 aromatic heterocycles. The monoisotopic (exact) mass is 452 g/mol. The third-order valence-corrected chi connectivity index (χ3v) is 8.17. The molecule has 120 valence electrons. The van der Waals surface area contributed by atoms with Gasteiger partial charge in [0.1, 0.15) is 0 Å². The van der Waals surface area contributed by atoms with Crippen molar-refractivity contribution < 1.29 is 9.47 Å². The molecule has 0 heterocycles. The Hall–Kier alpha value is 2.31. The van der Waals surface area contributed by atoms with Crippen molar-refractivity contribution in [3.63, 3.8) is 0 Å². The molecule has 0 aliphatic rings. The van der Waals surface area contributed by atoms with Crippen LogP contribution >= 0.6 is 66.5 Å². The van der Waals surface area contributed by atoms with Gasteiger partial charge in [0.2, 0.25) is 0 Å². The van der Waals surface area contributed by atoms with E-state index in [1.807, 2.05) is 0 Å². The molecule has 0 bridgehead atoms. The van der Waals surface area contributed by atoms with Crippen molar-refractivity contribution in [3.05, 3.63) is 0 Å². The minimum absolute atomic E-state index is 0.215. The van der Waals surface area contributed by atoms with Gasteiger partial charge in [-0.05, 0) is 31.0 Å². The number of hydrogen-bond donors (Lipinski definition) is 0. The molecule has 11 heteroatoms. The van der Waals surface area contributed by atoms with Crippen LogP contribution in [0.1, 0.15) is 12.8 Å². The molecule has 0 aliphatic carbocycles. The first-order valence-electron chi connectivity index (χ1n) is 6.15. The zero-order valence-corrected chi connectivity index (χ0v) is 18.6. The van der Waals surface area contributed by atoms with E-state index in [-0.39, 0.29) is 6.29 Å². The van der Waals surface area contributed by atoms with Crippen LogP contribution in [-0.4, -0.2) is 41.0 Å². The highest BCUT2D eigenvalue weighted by Crippen LogP contribution is 2.27. The Kier molecular flexibility index (Phi) is 13.1. The Bertz CT molecular complexity index is 227. The van der Waals surface area contributed by atoms with Gasteiger partial charge in [-0.15, -0.1) is 66.5 Å². The van der Waals surface area contributed by atoms with Crippen LogP contribution in [0.5, 0.6) is 0 Å². The smallest absolute Gasteiger partial charge is 0.341 e. The van der Waals surface area contributed by atoms with E-state index < -0.39 is 12.0 Å². The molecule has 0 amide bonds. The number of halogens is 6. The van der Waals surface area contributed by atoms with Gasteiger partial charge >= 0.3 is 12.0 Å². The summed E-state index contributed by atoms with van der Waals surface area (Å²) in [6.45, 7) is 3.17. The first kappa shape index (κ1) is 22.3. The predicted octanol–water partition coefficient (Wildman–Crippen LogP) is 5.61. The van der Waals surface area contributed by atoms with Crippen LogP contribution in [-0.2, 0) is 9.47 Å². The van der Waals surface area contributed by atoms with Crippen LogP contribution in [0.3, 0.4) is 0 Å². The van der Waals surface area contributed by atoms with E-state index in [0.29, 0.717) is 25.3 Å². The van der Waals surface area contributed by atoms with Crippen LogP contribution in [0.15, 0.2) is 0 Å². The topological polar surface area (TPSA) is 18.5 Å². The first-order valence-corrected chi connectivity index (χ1v) is 18.3. The summed E-state index contributed by atoms with van der Waals surface area (Å²) in [6.07, 6.45) is 1.25. The van der Waals surface area contributed by atoms with Crippen LogP contribution in [0.25, 0.3) is 0 Å². The fraction of sp³-hybridized carbons (Fsp3) is 1.00. The molecule has 0 rings (SSSR count). The maximum absolute atomic E-state index is 5.81. The quantitative estimate of drug-likeness (QED) is 0.165. The Morgan fingerprint density at radius 2 is 1.25 bits per heavy atom. The zero-order chi connectivity index (χ0) is 15.6. The van der Waals surface area contributed by atoms with Gasteiger partial charge in [-0.1, -0.05) is 6.55 Å². The molecule has 0 saturated carbocycles. The van der Waals surface area contributed by atoms with Crippen molar-refractivity contribution in [2.45, 2.75) is 43.8 Å². The lowest BCUT2D eigenvalue weighted by Crippen LogP contribution is -2.21. The van der Waals surface area contributed by atoms with E-state index in [4.69, 9.17) is 75.9 Å². The molecular weight excluding hydrogens is 437 g/mol. The normalized spacial score (nSPS) is 13.2. The highest BCUT2D eigenvalue weighted by molar-refractivity contribution is 7.65. The highest BCUT2D eigenvalue weighted by Gasteiger charge is 2.25. The van der Waals surface area contributed by atoms with Crippen molar-refractivity contribution in [2.24, 2.45) is 0 Å². The van der Waals surface area contributed by atoms with Gasteiger partial charge in [-0.2, -0.15) is 0 Å². The molecule has 0 aromatic carbocycles. The second-order valence-corrected chi connectivity index (χ2v) is 23.8. The van der Waals surface area contributed by atoms with Gasteiger partial charge in [0.05, 0.1) is 0 Å². The molecule has 0 saturated heterocycles. The maximum Gasteiger partial charge on any atom is 0.341 e. The SMILES string of the molecule is C[Si]CC(OCCC[Si](Cl)(Cl)Cl)OCCC[Si](Cl)(Cl)Cl. The minimum Gasteiger partial charge on any atom is -0.353 e. The first-order chi connectivity index (χ1) is 9.14. The summed E-state index contributed by atoms with van der Waals surface area (Å²) in [5, 5.41) is 0. The van der Waals surface area contributed by atoms with E-state index in [1.165, 1.54) is 0 Å². The Morgan fingerprint density at radius 1 is 0.850 bits per heavy atom. The van der Waals surface area contributed by atoms with Crippen LogP contribution < -0.4 is 0 Å². The van der Waals surface area contributed by atoms with E-state index >= 15 is 0 Å². The van der Waals surface area contributed by atoms with Crippen LogP contribution in [0.4, 0.5) is 0 Å². The Morgan fingerprint density at radius 3 is 1.55 bits per heavy atom. The molecule has 0 N–H and O–H groups in total. The van der Waals surface area contributed by atoms with E-state index in [2.05, 4.69) is 6.55 Å². The molecule has 20 heavy (non-hydrogen) atoms. The van der Waals surface area contributed by atoms with Crippen molar-refractivity contribution in [2.75, 3.05) is 13.2 Å². The number of ether oxygens (including phenoxy) is 2. The van der Waals surface area contributed by atoms with Crippen molar-refractivity contribution in [3.8, 4) is 0 Å². The average molecular weight is 455 g/mol. The Balaban J connectivity index is 3.76. The third-order valence-electron chi connectivity index (χ3n) is 2.19. The molecular formula is C9H18Cl6O2Si3. The molecule has 2 radical (unpaired) electrons. The Labute approximate surface area is 153 Å². The van der Waals surface area contributed by atoms with Gasteiger partial charge in [0.25, 0.3) is 0 Å². The molecule has 2 nitrogen and oxygen atoms in total. The summed E-state index contributed by atoms with van der Waals surface area (Å²) in [5.74, 6) is 0. The molecule has 0 unspecified atom stereocenters. The third kappa shape index (κ3) is 16.7. The summed E-state index contributed by atoms with van der Waals surface area (Å²) >= 11 is 34.8. The molecule has 0 fully saturated rings. The summed E-state index contributed by atoms with van der Waals surface area (Å²) in [4.78, 5) is 0. The predicted molar refractivity (Wildman–Crippen MR) is 97.6 cm³/mol. The minimum atomic E-state index is -2.54. The summed E-state index contributed by atoms with van der Waals surface area (Å²) in [5.41, 5.74) is 0. The van der Waals surface area contributed by atoms with Crippen molar-refractivity contribution in [1.82, 2.24) is 0 Å². The van der Waals surface area contributed by atoms with E-state index in [9.17, 15) is 0 Å². The lowest BCUT2D eigenvalue weighted by Gasteiger charge is -2.19. The standard InChI is InChI=1S/C9H18Cl6O2Si3/c1-18-8-9(16-4-2-6-19(10,11)12)17-5-3-7-20(13,14)15/h9H,2-8H2,1H3. The van der Waals surface area contributed by atoms with Crippen molar-refractivity contribution >= 4 is 88.0 Å². The molecule has 0 atom stereocenters. The van der Waals surface area contributed by atoms with E-state index in [0.717, 1.165) is 28.4 Å². The van der Waals surface area contributed by atoms with Gasteiger partial charge in [-0.25, -0.2) is 0 Å². The van der Waals surface area contributed by atoms with Gasteiger partial charge in [-0.3, -0.25) is 0 Å². The van der Waals surface area contributed by atoms with Crippen LogP contribution in [0.2, 0.25) is 24.7 Å². The fourth-order valence-electron chi connectivity index (χ4n) is 1.31. The highest BCUT2D eigenvalue weighted by atomic mass is 35.8. The van der Waals surface area contributed by atoms with Gasteiger partial charge in [0, 0.05) is 22.7 Å². The summed E-state index contributed by atoms with van der Waals surface area (Å²) in [7, 11) is 0.751. The number of hydrogen-bond acceptors (Lipinski definition) is 2. The lowest BCUT2D eigenvalue weighted by molar-refractivity contribution is -0.129. The fourth-order valence-corrected chi connectivity index (χ4v) is 5.37. The van der Waals surface area contributed by atoms with Gasteiger partial charge in [0.15, 0.2) is 6.29 Å². The molecule has 0 aromatic rings. The summed E-state index contributed by atoms with van der Waals surface area (Å²) < 4.78 is 11.3. The zero-order valence-electron chi connectivity index (χ0n) is 11.1. The number of rotatable bonds is 12. The van der Waals surface area contributed by atoms with Crippen molar-refractivity contribution in [1.29, 1.82) is 0 Å². The molecule has 0 spiro atoms. The van der Waals surface area contributed by atoms with Crippen LogP contribution in [0, 0.1) is 0 Å². The van der Waals surface area contributed by atoms with Gasteiger partial charge < -0.3 is 9.47 Å². The second kappa shape index (κ2) is 11.8. The largest absolute Gasteiger partial charge is 0.353 e. The average Bonchev–Trinajstić information content (AvgIpc) is 2.27. The van der Waals surface area contributed by atoms with E-state index in [1.54, 1.807) is 0 Å². The lowest BCUT2D eigenvalue weighted by atomic mass is 10.5.